The summed E-state index contributed by atoms with van der Waals surface area (Å²) < 4.78 is 0. The highest BCUT2D eigenvalue weighted by Crippen LogP contribution is 2.39. The minimum absolute atomic E-state index is 0.453. The van der Waals surface area contributed by atoms with Crippen molar-refractivity contribution in [1.82, 2.24) is 25.1 Å². The molecular weight excluding hydrogens is 314 g/mol. The summed E-state index contributed by atoms with van der Waals surface area (Å²) in [6.07, 6.45) is 9.28. The average molecular weight is 331 g/mol. The van der Waals surface area contributed by atoms with Crippen molar-refractivity contribution in [3.05, 3.63) is 53.5 Å². The molecule has 3 aromatic rings. The minimum Gasteiger partial charge on any atom is -0.350 e. The number of hydrogen-bond acceptors (Lipinski definition) is 6. The van der Waals surface area contributed by atoms with Gasteiger partial charge in [0, 0.05) is 29.8 Å². The number of terminal acetylenes is 1. The molecular formula is C18H17N7. The van der Waals surface area contributed by atoms with E-state index < -0.39 is 0 Å². The van der Waals surface area contributed by atoms with E-state index in [-0.39, 0.29) is 0 Å². The van der Waals surface area contributed by atoms with Gasteiger partial charge in [0.05, 0.1) is 0 Å². The predicted octanol–water partition coefficient (Wildman–Crippen LogP) is 2.81. The monoisotopic (exact) mass is 331 g/mol. The van der Waals surface area contributed by atoms with E-state index in [2.05, 4.69) is 41.7 Å². The van der Waals surface area contributed by atoms with Crippen molar-refractivity contribution < 1.29 is 0 Å². The van der Waals surface area contributed by atoms with Gasteiger partial charge in [0.25, 0.3) is 0 Å². The van der Waals surface area contributed by atoms with Crippen LogP contribution in [0.5, 0.6) is 0 Å². The molecule has 0 amide bonds. The third-order valence-electron chi connectivity index (χ3n) is 4.00. The van der Waals surface area contributed by atoms with E-state index in [1.165, 1.54) is 19.2 Å². The predicted molar refractivity (Wildman–Crippen MR) is 95.4 cm³/mol. The summed E-state index contributed by atoms with van der Waals surface area (Å²) in [6, 6.07) is 9.78. The number of nitrogens with zero attached hydrogens (tertiary/aromatic N) is 4. The molecule has 7 heteroatoms. The summed E-state index contributed by atoms with van der Waals surface area (Å²) in [4.78, 5) is 12.6. The van der Waals surface area contributed by atoms with Crippen molar-refractivity contribution in [3.63, 3.8) is 0 Å². The highest BCUT2D eigenvalue weighted by molar-refractivity contribution is 5.49. The normalized spacial score (nSPS) is 13.2. The number of hydrogen-bond donors (Lipinski definition) is 3. The molecule has 1 aliphatic carbocycles. The fourth-order valence-corrected chi connectivity index (χ4v) is 2.46. The number of aromatic amines is 1. The van der Waals surface area contributed by atoms with Gasteiger partial charge in [-0.3, -0.25) is 5.10 Å². The Morgan fingerprint density at radius 2 is 1.96 bits per heavy atom. The Hall–Kier alpha value is -3.40. The lowest BCUT2D eigenvalue weighted by Crippen LogP contribution is -2.06. The Labute approximate surface area is 145 Å². The number of rotatable bonds is 6. The van der Waals surface area contributed by atoms with Crippen molar-refractivity contribution in [2.45, 2.75) is 25.3 Å². The summed E-state index contributed by atoms with van der Waals surface area (Å²) in [5.74, 6) is 4.89. The summed E-state index contributed by atoms with van der Waals surface area (Å²) in [7, 11) is 0. The van der Waals surface area contributed by atoms with Crippen LogP contribution in [-0.4, -0.2) is 25.1 Å². The van der Waals surface area contributed by atoms with Crippen molar-refractivity contribution in [2.75, 3.05) is 10.6 Å². The zero-order valence-electron chi connectivity index (χ0n) is 13.5. The lowest BCUT2D eigenvalue weighted by molar-refractivity contribution is 0.963. The molecule has 0 bridgehead atoms. The minimum atomic E-state index is 0.453. The zero-order valence-corrected chi connectivity index (χ0v) is 13.5. The van der Waals surface area contributed by atoms with Crippen molar-refractivity contribution >= 4 is 17.7 Å². The largest absolute Gasteiger partial charge is 0.350 e. The number of H-pyrrole nitrogens is 1. The van der Waals surface area contributed by atoms with Crippen LogP contribution >= 0.6 is 0 Å². The van der Waals surface area contributed by atoms with Gasteiger partial charge in [0.2, 0.25) is 11.9 Å². The molecule has 2 heterocycles. The van der Waals surface area contributed by atoms with Crippen LogP contribution in [0.3, 0.4) is 0 Å². The first-order chi connectivity index (χ1) is 12.3. The van der Waals surface area contributed by atoms with E-state index in [1.54, 1.807) is 0 Å². The van der Waals surface area contributed by atoms with E-state index >= 15 is 0 Å². The summed E-state index contributed by atoms with van der Waals surface area (Å²) in [5, 5.41) is 13.6. The first-order valence-electron chi connectivity index (χ1n) is 8.11. The molecule has 2 aromatic heterocycles. The molecule has 0 atom stereocenters. The number of benzene rings is 1. The molecule has 0 spiro atoms. The van der Waals surface area contributed by atoms with Gasteiger partial charge in [-0.15, -0.1) is 6.42 Å². The maximum atomic E-state index is 5.36. The third kappa shape index (κ3) is 3.75. The highest BCUT2D eigenvalue weighted by Gasteiger charge is 2.25. The molecule has 124 valence electrons. The highest BCUT2D eigenvalue weighted by atomic mass is 15.3. The molecule has 0 aliphatic heterocycles. The maximum Gasteiger partial charge on any atom is 0.233 e. The molecule has 3 N–H and O–H groups in total. The average Bonchev–Trinajstić information content (AvgIpc) is 3.40. The lowest BCUT2D eigenvalue weighted by Gasteiger charge is -2.06. The molecule has 4 rings (SSSR count). The molecule has 7 nitrogen and oxygen atoms in total. The smallest absolute Gasteiger partial charge is 0.233 e. The van der Waals surface area contributed by atoms with Gasteiger partial charge in [0.15, 0.2) is 5.82 Å². The second-order valence-electron chi connectivity index (χ2n) is 5.94. The van der Waals surface area contributed by atoms with E-state index in [4.69, 9.17) is 6.42 Å². The second-order valence-corrected chi connectivity index (χ2v) is 5.94. The van der Waals surface area contributed by atoms with Gasteiger partial charge in [0.1, 0.15) is 6.33 Å². The van der Waals surface area contributed by atoms with E-state index in [0.29, 0.717) is 30.2 Å². The fourth-order valence-electron chi connectivity index (χ4n) is 2.46. The maximum absolute atomic E-state index is 5.36. The Morgan fingerprint density at radius 1 is 1.16 bits per heavy atom. The van der Waals surface area contributed by atoms with Gasteiger partial charge in [-0.25, -0.2) is 9.97 Å². The van der Waals surface area contributed by atoms with Crippen LogP contribution in [-0.2, 0) is 6.54 Å². The van der Waals surface area contributed by atoms with Crippen LogP contribution in [0.2, 0.25) is 0 Å². The summed E-state index contributed by atoms with van der Waals surface area (Å²) in [6.45, 7) is 0.600. The SMILES string of the molecule is C#Cc1ccc(CNc2ncnc(Nc3cc(C4CC4)[nH]n3)n2)cc1. The van der Waals surface area contributed by atoms with Crippen LogP contribution < -0.4 is 10.6 Å². The van der Waals surface area contributed by atoms with Crippen LogP contribution in [0.1, 0.15) is 35.6 Å². The van der Waals surface area contributed by atoms with Gasteiger partial charge in [-0.1, -0.05) is 18.1 Å². The Kier molecular flexibility index (Phi) is 4.01. The van der Waals surface area contributed by atoms with Crippen molar-refractivity contribution in [1.29, 1.82) is 0 Å². The summed E-state index contributed by atoms with van der Waals surface area (Å²) in [5.41, 5.74) is 3.11. The standard InChI is InChI=1S/C18H17N7/c1-2-12-3-5-13(6-4-12)10-19-17-20-11-21-18(23-17)22-16-9-15(24-25-16)14-7-8-14/h1,3-6,9,11,14H,7-8,10H2,(H3,19,20,21,22,23,24,25). The Balaban J connectivity index is 1.39. The fraction of sp³-hybridized carbons (Fsp3) is 0.222. The molecule has 0 saturated heterocycles. The second kappa shape index (κ2) is 6.61. The zero-order chi connectivity index (χ0) is 17.1. The molecule has 0 radical (unpaired) electrons. The molecule has 25 heavy (non-hydrogen) atoms. The van der Waals surface area contributed by atoms with E-state index in [1.807, 2.05) is 30.3 Å². The Bertz CT molecular complexity index is 904. The first-order valence-corrected chi connectivity index (χ1v) is 8.11. The molecule has 1 fully saturated rings. The van der Waals surface area contributed by atoms with Crippen LogP contribution in [0.15, 0.2) is 36.7 Å². The number of aromatic nitrogens is 5. The van der Waals surface area contributed by atoms with Crippen LogP contribution in [0.4, 0.5) is 17.7 Å². The van der Waals surface area contributed by atoms with Gasteiger partial charge in [-0.2, -0.15) is 10.1 Å². The van der Waals surface area contributed by atoms with Gasteiger partial charge >= 0.3 is 0 Å². The quantitative estimate of drug-likeness (QED) is 0.602. The number of anilines is 3. The van der Waals surface area contributed by atoms with Gasteiger partial charge < -0.3 is 10.6 Å². The van der Waals surface area contributed by atoms with Crippen LogP contribution in [0.25, 0.3) is 0 Å². The molecule has 1 aliphatic rings. The number of nitrogens with one attached hydrogen (secondary N) is 3. The lowest BCUT2D eigenvalue weighted by atomic mass is 10.1. The van der Waals surface area contributed by atoms with Gasteiger partial charge in [-0.05, 0) is 30.5 Å². The van der Waals surface area contributed by atoms with E-state index in [9.17, 15) is 0 Å². The third-order valence-corrected chi connectivity index (χ3v) is 4.00. The van der Waals surface area contributed by atoms with Crippen molar-refractivity contribution in [3.8, 4) is 12.3 Å². The molecule has 1 aromatic carbocycles. The first kappa shape index (κ1) is 15.1. The summed E-state index contributed by atoms with van der Waals surface area (Å²) >= 11 is 0. The Morgan fingerprint density at radius 3 is 2.72 bits per heavy atom. The van der Waals surface area contributed by atoms with Crippen LogP contribution in [0, 0.1) is 12.3 Å². The molecule has 1 saturated carbocycles. The topological polar surface area (TPSA) is 91.4 Å². The molecule has 0 unspecified atom stereocenters. The van der Waals surface area contributed by atoms with Crippen molar-refractivity contribution in [2.24, 2.45) is 0 Å². The van der Waals surface area contributed by atoms with E-state index in [0.717, 1.165) is 16.8 Å².